The van der Waals surface area contributed by atoms with Crippen LogP contribution in [0.1, 0.15) is 28.3 Å². The van der Waals surface area contributed by atoms with Crippen molar-refractivity contribution in [2.24, 2.45) is 0 Å². The summed E-state index contributed by atoms with van der Waals surface area (Å²) in [6.07, 6.45) is 7.02. The summed E-state index contributed by atoms with van der Waals surface area (Å²) in [4.78, 5) is 31.2. The Labute approximate surface area is 144 Å². The van der Waals surface area contributed by atoms with Crippen molar-refractivity contribution in [2.45, 2.75) is 32.4 Å². The van der Waals surface area contributed by atoms with Gasteiger partial charge < -0.3 is 14.9 Å². The van der Waals surface area contributed by atoms with E-state index in [1.165, 1.54) is 4.57 Å². The van der Waals surface area contributed by atoms with Gasteiger partial charge in [-0.1, -0.05) is 0 Å². The maximum absolute atomic E-state index is 12.5. The van der Waals surface area contributed by atoms with E-state index in [4.69, 9.17) is 0 Å². The topological polar surface area (TPSA) is 84.7 Å². The number of hydrogen-bond acceptors (Lipinski definition) is 3. The molecule has 4 rings (SSSR count). The van der Waals surface area contributed by atoms with Crippen molar-refractivity contribution in [2.75, 3.05) is 0 Å². The molecular weight excluding hydrogens is 318 g/mol. The van der Waals surface area contributed by atoms with Gasteiger partial charge in [0.25, 0.3) is 5.91 Å². The highest BCUT2D eigenvalue weighted by Crippen LogP contribution is 2.16. The molecule has 0 saturated carbocycles. The van der Waals surface area contributed by atoms with E-state index in [-0.39, 0.29) is 17.6 Å². The van der Waals surface area contributed by atoms with Gasteiger partial charge in [0.05, 0.1) is 11.4 Å². The molecule has 0 bridgehead atoms. The number of benzene rings is 1. The van der Waals surface area contributed by atoms with E-state index in [0.29, 0.717) is 5.56 Å². The molecule has 1 amide bonds. The van der Waals surface area contributed by atoms with Gasteiger partial charge in [0.2, 0.25) is 0 Å². The lowest BCUT2D eigenvalue weighted by Crippen LogP contribution is -2.40. The second-order valence-corrected chi connectivity index (χ2v) is 6.34. The molecule has 0 fully saturated rings. The van der Waals surface area contributed by atoms with Crippen LogP contribution in [0.2, 0.25) is 0 Å². The van der Waals surface area contributed by atoms with Gasteiger partial charge in [0.1, 0.15) is 5.82 Å². The van der Waals surface area contributed by atoms with Gasteiger partial charge in [-0.15, -0.1) is 0 Å². The van der Waals surface area contributed by atoms with E-state index in [2.05, 4.69) is 19.9 Å². The number of carbonyl (C=O) groups excluding carboxylic acids is 1. The molecule has 1 aliphatic heterocycles. The van der Waals surface area contributed by atoms with Crippen LogP contribution in [0.25, 0.3) is 5.69 Å². The minimum Gasteiger partial charge on any atom is -0.347 e. The normalized spacial score (nSPS) is 16.4. The van der Waals surface area contributed by atoms with E-state index < -0.39 is 0 Å². The second kappa shape index (κ2) is 6.08. The third kappa shape index (κ3) is 3.00. The van der Waals surface area contributed by atoms with Crippen LogP contribution in [0.3, 0.4) is 0 Å². The van der Waals surface area contributed by atoms with Crippen LogP contribution in [0.4, 0.5) is 0 Å². The number of aromatic nitrogens is 4. The highest BCUT2D eigenvalue weighted by Gasteiger charge is 2.21. The molecule has 1 atom stereocenters. The monoisotopic (exact) mass is 337 g/mol. The maximum Gasteiger partial charge on any atom is 0.330 e. The summed E-state index contributed by atoms with van der Waals surface area (Å²) in [5.41, 5.74) is 2.11. The lowest BCUT2D eigenvalue weighted by Gasteiger charge is -2.24. The molecule has 7 heteroatoms. The predicted molar refractivity (Wildman–Crippen MR) is 92.9 cm³/mol. The van der Waals surface area contributed by atoms with Gasteiger partial charge in [-0.25, -0.2) is 9.78 Å². The summed E-state index contributed by atoms with van der Waals surface area (Å²) in [6, 6.07) is 7.10. The van der Waals surface area contributed by atoms with Crippen LogP contribution in [-0.4, -0.2) is 31.1 Å². The average Bonchev–Trinajstić information content (AvgIpc) is 3.19. The molecule has 3 aromatic rings. The molecule has 1 aliphatic rings. The lowest BCUT2D eigenvalue weighted by atomic mass is 10.1. The maximum atomic E-state index is 12.5. The van der Waals surface area contributed by atoms with Crippen molar-refractivity contribution in [1.29, 1.82) is 0 Å². The molecular formula is C18H19N5O2. The summed E-state index contributed by atoms with van der Waals surface area (Å²) in [5, 5.41) is 3.09. The fourth-order valence-corrected chi connectivity index (χ4v) is 3.27. The van der Waals surface area contributed by atoms with Crippen molar-refractivity contribution >= 4 is 5.91 Å². The van der Waals surface area contributed by atoms with E-state index >= 15 is 0 Å². The Hall–Kier alpha value is -3.09. The zero-order valence-corrected chi connectivity index (χ0v) is 13.9. The van der Waals surface area contributed by atoms with Gasteiger partial charge in [0, 0.05) is 43.2 Å². The Kier molecular flexibility index (Phi) is 3.76. The number of H-pyrrole nitrogens is 1. The van der Waals surface area contributed by atoms with E-state index in [9.17, 15) is 9.59 Å². The van der Waals surface area contributed by atoms with Crippen LogP contribution >= 0.6 is 0 Å². The van der Waals surface area contributed by atoms with Gasteiger partial charge in [-0.2, -0.15) is 0 Å². The van der Waals surface area contributed by atoms with Gasteiger partial charge in [-0.3, -0.25) is 9.36 Å². The largest absolute Gasteiger partial charge is 0.347 e. The molecule has 0 radical (unpaired) electrons. The number of aryl methyl sites for hydroxylation is 2. The smallest absolute Gasteiger partial charge is 0.330 e. The summed E-state index contributed by atoms with van der Waals surface area (Å²) in [6.45, 7) is 2.73. The number of carbonyl (C=O) groups is 1. The standard InChI is InChI=1S/C18H19N5O2/c1-12-10-22-11-14(4-7-16(22)20-12)21-17(24)13-2-5-15(6-3-13)23-9-8-19-18(23)25/h2-3,5-6,8-10,14H,4,7,11H2,1H3,(H,19,25)(H,21,24). The van der Waals surface area contributed by atoms with Crippen molar-refractivity contribution in [3.63, 3.8) is 0 Å². The first kappa shape index (κ1) is 15.4. The van der Waals surface area contributed by atoms with Gasteiger partial charge in [0.15, 0.2) is 0 Å². The third-order valence-corrected chi connectivity index (χ3v) is 4.51. The van der Waals surface area contributed by atoms with Crippen molar-refractivity contribution < 1.29 is 4.79 Å². The zero-order valence-electron chi connectivity index (χ0n) is 13.9. The lowest BCUT2D eigenvalue weighted by molar-refractivity contribution is 0.0927. The minimum absolute atomic E-state index is 0.0977. The summed E-state index contributed by atoms with van der Waals surface area (Å²) < 4.78 is 3.61. The van der Waals surface area contributed by atoms with Crippen molar-refractivity contribution in [1.82, 2.24) is 24.4 Å². The molecule has 128 valence electrons. The Balaban J connectivity index is 1.45. The van der Waals surface area contributed by atoms with Gasteiger partial charge >= 0.3 is 5.69 Å². The molecule has 0 spiro atoms. The fraction of sp³-hybridized carbons (Fsp3) is 0.278. The summed E-state index contributed by atoms with van der Waals surface area (Å²) >= 11 is 0. The Morgan fingerprint density at radius 2 is 2.12 bits per heavy atom. The fourth-order valence-electron chi connectivity index (χ4n) is 3.27. The number of fused-ring (bicyclic) bond motifs is 1. The molecule has 0 aliphatic carbocycles. The number of nitrogens with one attached hydrogen (secondary N) is 2. The third-order valence-electron chi connectivity index (χ3n) is 4.51. The highest BCUT2D eigenvalue weighted by atomic mass is 16.2. The quantitative estimate of drug-likeness (QED) is 0.758. The number of rotatable bonds is 3. The van der Waals surface area contributed by atoms with Crippen LogP contribution < -0.4 is 11.0 Å². The molecule has 2 aromatic heterocycles. The van der Waals surface area contributed by atoms with Crippen LogP contribution in [0.5, 0.6) is 0 Å². The van der Waals surface area contributed by atoms with Crippen LogP contribution in [0.15, 0.2) is 47.7 Å². The Bertz CT molecular complexity index is 964. The number of aromatic amines is 1. The highest BCUT2D eigenvalue weighted by molar-refractivity contribution is 5.94. The number of amides is 1. The first-order chi connectivity index (χ1) is 12.1. The average molecular weight is 337 g/mol. The number of hydrogen-bond donors (Lipinski definition) is 2. The predicted octanol–water partition coefficient (Wildman–Crippen LogP) is 1.42. The van der Waals surface area contributed by atoms with Crippen molar-refractivity contribution in [3.05, 3.63) is 70.4 Å². The van der Waals surface area contributed by atoms with Crippen LogP contribution in [-0.2, 0) is 13.0 Å². The molecule has 7 nitrogen and oxygen atoms in total. The molecule has 2 N–H and O–H groups in total. The molecule has 25 heavy (non-hydrogen) atoms. The number of imidazole rings is 2. The second-order valence-electron chi connectivity index (χ2n) is 6.34. The first-order valence-electron chi connectivity index (χ1n) is 8.30. The summed E-state index contributed by atoms with van der Waals surface area (Å²) in [5.74, 6) is 0.988. The summed E-state index contributed by atoms with van der Waals surface area (Å²) in [7, 11) is 0. The first-order valence-corrected chi connectivity index (χ1v) is 8.30. The van der Waals surface area contributed by atoms with Gasteiger partial charge in [-0.05, 0) is 37.6 Å². The van der Waals surface area contributed by atoms with E-state index in [0.717, 1.165) is 36.6 Å². The molecule has 1 aromatic carbocycles. The minimum atomic E-state index is -0.203. The Morgan fingerprint density at radius 1 is 1.32 bits per heavy atom. The van der Waals surface area contributed by atoms with E-state index in [1.54, 1.807) is 36.7 Å². The SMILES string of the molecule is Cc1cn2c(n1)CCC(NC(=O)c1ccc(-n3cc[nH]c3=O)cc1)C2. The molecule has 1 unspecified atom stereocenters. The molecule has 3 heterocycles. The van der Waals surface area contributed by atoms with E-state index in [1.807, 2.05) is 13.1 Å². The van der Waals surface area contributed by atoms with Crippen LogP contribution in [0, 0.1) is 6.92 Å². The van der Waals surface area contributed by atoms with Crippen molar-refractivity contribution in [3.8, 4) is 5.69 Å². The molecule has 0 saturated heterocycles. The number of nitrogens with zero attached hydrogens (tertiary/aromatic N) is 3. The Morgan fingerprint density at radius 3 is 2.84 bits per heavy atom. The zero-order chi connectivity index (χ0) is 17.4.